The largest absolute Gasteiger partial charge is 0.481 e. The Kier molecular flexibility index (Phi) is 14.1. The Labute approximate surface area is 229 Å². The third-order valence-corrected chi connectivity index (χ3v) is 5.52. The zero-order valence-corrected chi connectivity index (χ0v) is 21.7. The summed E-state index contributed by atoms with van der Waals surface area (Å²) in [4.78, 5) is 76.4. The molecule has 0 fully saturated rings. The van der Waals surface area contributed by atoms with Gasteiger partial charge in [0.15, 0.2) is 5.96 Å². The van der Waals surface area contributed by atoms with Gasteiger partial charge in [0.1, 0.15) is 18.1 Å². The minimum atomic E-state index is -1.49. The van der Waals surface area contributed by atoms with E-state index < -0.39 is 66.2 Å². The predicted molar refractivity (Wildman–Crippen MR) is 142 cm³/mol. The summed E-state index contributed by atoms with van der Waals surface area (Å²) in [6.07, 6.45) is -1.18. The molecule has 0 aliphatic heterocycles. The number of hydrogen-bond donors (Lipinski definition) is 9. The smallest absolute Gasteiger partial charge is 0.326 e. The number of aliphatic carboxylic acids is 2. The molecule has 0 bridgehead atoms. The lowest BCUT2D eigenvalue weighted by molar-refractivity contribution is -0.142. The van der Waals surface area contributed by atoms with Gasteiger partial charge < -0.3 is 49.1 Å². The Morgan fingerprint density at radius 2 is 1.35 bits per heavy atom. The van der Waals surface area contributed by atoms with Crippen LogP contribution in [0.15, 0.2) is 35.3 Å². The minimum absolute atomic E-state index is 0.0267. The van der Waals surface area contributed by atoms with Gasteiger partial charge in [-0.1, -0.05) is 30.3 Å². The van der Waals surface area contributed by atoms with Crippen molar-refractivity contribution < 1.29 is 39.0 Å². The lowest BCUT2D eigenvalue weighted by atomic mass is 10.0. The van der Waals surface area contributed by atoms with Crippen molar-refractivity contribution in [2.24, 2.45) is 27.9 Å². The first-order chi connectivity index (χ1) is 18.8. The van der Waals surface area contributed by atoms with E-state index in [1.165, 1.54) is 0 Å². The fourth-order valence-electron chi connectivity index (χ4n) is 3.48. The Morgan fingerprint density at radius 1 is 0.800 bits per heavy atom. The fraction of sp³-hybridized carbons (Fsp3) is 0.458. The average molecular weight is 565 g/mol. The number of primary amides is 1. The van der Waals surface area contributed by atoms with Gasteiger partial charge in [-0.25, -0.2) is 4.79 Å². The maximum atomic E-state index is 13.1. The summed E-state index contributed by atoms with van der Waals surface area (Å²) in [5.74, 6) is -6.33. The number of aliphatic imine (C=N–C) groups is 1. The number of benzene rings is 1. The van der Waals surface area contributed by atoms with Crippen molar-refractivity contribution in [1.29, 1.82) is 0 Å². The van der Waals surface area contributed by atoms with Crippen LogP contribution in [0.2, 0.25) is 0 Å². The lowest BCUT2D eigenvalue weighted by Crippen LogP contribution is -2.57. The normalized spacial score (nSPS) is 13.5. The molecular weight excluding hydrogens is 528 g/mol. The number of nitrogens with zero attached hydrogens (tertiary/aromatic N) is 1. The quantitative estimate of drug-likeness (QED) is 0.0488. The Hall–Kier alpha value is -4.73. The zero-order valence-electron chi connectivity index (χ0n) is 21.7. The Bertz CT molecular complexity index is 1080. The van der Waals surface area contributed by atoms with Crippen molar-refractivity contribution in [3.05, 3.63) is 35.9 Å². The first kappa shape index (κ1) is 33.3. The summed E-state index contributed by atoms with van der Waals surface area (Å²) >= 11 is 0. The highest BCUT2D eigenvalue weighted by molar-refractivity contribution is 5.95. The molecule has 4 amide bonds. The van der Waals surface area contributed by atoms with Gasteiger partial charge in [0.25, 0.3) is 0 Å². The molecule has 1 aromatic carbocycles. The van der Waals surface area contributed by atoms with E-state index in [9.17, 15) is 33.9 Å². The maximum absolute atomic E-state index is 13.1. The van der Waals surface area contributed by atoms with E-state index >= 15 is 0 Å². The number of hydrogen-bond acceptors (Lipinski definition) is 8. The second-order valence-electron chi connectivity index (χ2n) is 8.87. The first-order valence-electron chi connectivity index (χ1n) is 12.3. The number of nitrogens with one attached hydrogen (secondary N) is 3. The van der Waals surface area contributed by atoms with Gasteiger partial charge in [-0.15, -0.1) is 0 Å². The number of carbonyl (C=O) groups is 6. The summed E-state index contributed by atoms with van der Waals surface area (Å²) < 4.78 is 0. The van der Waals surface area contributed by atoms with Gasteiger partial charge in [-0.05, 0) is 24.8 Å². The minimum Gasteiger partial charge on any atom is -0.481 e. The molecule has 1 aromatic rings. The van der Waals surface area contributed by atoms with E-state index in [4.69, 9.17) is 28.0 Å². The molecule has 1 rings (SSSR count). The van der Waals surface area contributed by atoms with Crippen LogP contribution in [-0.4, -0.2) is 82.5 Å². The van der Waals surface area contributed by atoms with Crippen LogP contribution in [0.5, 0.6) is 0 Å². The molecule has 4 atom stereocenters. The monoisotopic (exact) mass is 564 g/mol. The molecule has 13 N–H and O–H groups in total. The van der Waals surface area contributed by atoms with Crippen molar-refractivity contribution in [1.82, 2.24) is 16.0 Å². The van der Waals surface area contributed by atoms with Crippen LogP contribution in [0.4, 0.5) is 0 Å². The summed E-state index contributed by atoms with van der Waals surface area (Å²) in [6.45, 7) is 0.0975. The highest BCUT2D eigenvalue weighted by Gasteiger charge is 2.30. The molecule has 0 aliphatic carbocycles. The molecule has 16 nitrogen and oxygen atoms in total. The van der Waals surface area contributed by atoms with Crippen LogP contribution in [0.25, 0.3) is 0 Å². The molecule has 16 heteroatoms. The van der Waals surface area contributed by atoms with Gasteiger partial charge in [0, 0.05) is 19.4 Å². The standard InChI is InChI=1S/C24H36N8O8/c25-14(12-19(34)35)20(36)30-16(8-9-18(26)33)22(38)31-15(7-4-10-29-24(27)28)21(37)32-17(23(39)40)11-13-5-2-1-3-6-13/h1-3,5-6,14-17H,4,7-12,25H2,(H2,26,33)(H,30,36)(H,31,38)(H,32,37)(H,34,35)(H,39,40)(H4,27,28,29). The third kappa shape index (κ3) is 13.2. The Morgan fingerprint density at radius 3 is 1.88 bits per heavy atom. The molecule has 0 radical (unpaired) electrons. The molecule has 40 heavy (non-hydrogen) atoms. The highest BCUT2D eigenvalue weighted by atomic mass is 16.4. The van der Waals surface area contributed by atoms with E-state index in [0.29, 0.717) is 5.56 Å². The van der Waals surface area contributed by atoms with Gasteiger partial charge in [0.2, 0.25) is 23.6 Å². The molecular formula is C24H36N8O8. The lowest BCUT2D eigenvalue weighted by Gasteiger charge is -2.25. The van der Waals surface area contributed by atoms with Gasteiger partial charge in [0.05, 0.1) is 12.5 Å². The number of nitrogens with two attached hydrogens (primary N) is 4. The number of carboxylic acid groups (broad SMARTS) is 2. The number of guanidine groups is 1. The van der Waals surface area contributed by atoms with Crippen molar-refractivity contribution in [2.45, 2.75) is 62.7 Å². The summed E-state index contributed by atoms with van der Waals surface area (Å²) in [5, 5.41) is 25.6. The average Bonchev–Trinajstić information content (AvgIpc) is 2.87. The number of amides is 4. The first-order valence-corrected chi connectivity index (χ1v) is 12.3. The SMILES string of the molecule is NC(=O)CCC(NC(=O)C(N)CC(=O)O)C(=O)NC(CCCN=C(N)N)C(=O)NC(Cc1ccccc1)C(=O)O. The van der Waals surface area contributed by atoms with Crippen LogP contribution in [0.1, 0.15) is 37.7 Å². The molecule has 0 spiro atoms. The molecule has 4 unspecified atom stereocenters. The summed E-state index contributed by atoms with van der Waals surface area (Å²) in [5.41, 5.74) is 22.0. The highest BCUT2D eigenvalue weighted by Crippen LogP contribution is 2.07. The van der Waals surface area contributed by atoms with Crippen LogP contribution in [-0.2, 0) is 35.2 Å². The summed E-state index contributed by atoms with van der Waals surface area (Å²) in [7, 11) is 0. The second kappa shape index (κ2) is 17.0. The van der Waals surface area contributed by atoms with E-state index in [1.54, 1.807) is 30.3 Å². The van der Waals surface area contributed by atoms with Gasteiger partial charge in [-0.3, -0.25) is 29.0 Å². The molecule has 0 saturated heterocycles. The van der Waals surface area contributed by atoms with E-state index in [2.05, 4.69) is 20.9 Å². The third-order valence-electron chi connectivity index (χ3n) is 5.52. The van der Waals surface area contributed by atoms with E-state index in [-0.39, 0.29) is 44.6 Å². The van der Waals surface area contributed by atoms with Crippen molar-refractivity contribution >= 4 is 41.5 Å². The molecule has 0 aliphatic rings. The van der Waals surface area contributed by atoms with Crippen molar-refractivity contribution in [3.63, 3.8) is 0 Å². The predicted octanol–water partition coefficient (Wildman–Crippen LogP) is -3.11. The van der Waals surface area contributed by atoms with E-state index in [0.717, 1.165) is 0 Å². The summed E-state index contributed by atoms with van der Waals surface area (Å²) in [6, 6.07) is 3.04. The Balaban J connectivity index is 3.10. The maximum Gasteiger partial charge on any atom is 0.326 e. The molecule has 0 aromatic heterocycles. The van der Waals surface area contributed by atoms with Gasteiger partial charge in [-0.2, -0.15) is 0 Å². The number of carbonyl (C=O) groups excluding carboxylic acids is 4. The fourth-order valence-corrected chi connectivity index (χ4v) is 3.48. The van der Waals surface area contributed by atoms with Crippen LogP contribution in [0, 0.1) is 0 Å². The van der Waals surface area contributed by atoms with Crippen molar-refractivity contribution in [2.75, 3.05) is 6.54 Å². The van der Waals surface area contributed by atoms with Crippen LogP contribution in [0.3, 0.4) is 0 Å². The zero-order chi connectivity index (χ0) is 30.2. The van der Waals surface area contributed by atoms with E-state index in [1.807, 2.05) is 0 Å². The molecule has 220 valence electrons. The topological polar surface area (TPSA) is 295 Å². The number of carboxylic acids is 2. The van der Waals surface area contributed by atoms with Crippen molar-refractivity contribution in [3.8, 4) is 0 Å². The number of rotatable bonds is 18. The molecule has 0 heterocycles. The second-order valence-corrected chi connectivity index (χ2v) is 8.87. The molecule has 0 saturated carbocycles. The van der Waals surface area contributed by atoms with Crippen LogP contribution < -0.4 is 38.9 Å². The van der Waals surface area contributed by atoms with Gasteiger partial charge >= 0.3 is 11.9 Å². The van der Waals surface area contributed by atoms with Crippen LogP contribution >= 0.6 is 0 Å².